The van der Waals surface area contributed by atoms with Gasteiger partial charge in [-0.25, -0.2) is 0 Å². The van der Waals surface area contributed by atoms with Crippen molar-refractivity contribution < 1.29 is 34.7 Å². The molecule has 3 aromatic rings. The average Bonchev–Trinajstić information content (AvgIpc) is 2.56. The molecule has 0 spiro atoms. The average molecular weight is 332 g/mol. The number of fused-ring (bicyclic) bond motifs is 1. The second-order valence-corrected chi connectivity index (χ2v) is 4.96. The van der Waals surface area contributed by atoms with Crippen LogP contribution in [0.4, 0.5) is 0 Å². The molecule has 5 N–H and O–H groups in total. The lowest BCUT2D eigenvalue weighted by atomic mass is 10.1. The molecule has 8 nitrogen and oxygen atoms in total. The van der Waals surface area contributed by atoms with Crippen LogP contribution in [0.15, 0.2) is 33.5 Å². The molecular weight excluding hydrogens is 320 g/mol. The number of aromatic hydroxyl groups is 5. The Morgan fingerprint density at radius 1 is 0.917 bits per heavy atom. The molecule has 0 fully saturated rings. The first-order valence-corrected chi connectivity index (χ1v) is 6.66. The summed E-state index contributed by atoms with van der Waals surface area (Å²) in [7, 11) is 1.33. The summed E-state index contributed by atoms with van der Waals surface area (Å²) >= 11 is 0. The highest BCUT2D eigenvalue weighted by molar-refractivity contribution is 5.91. The number of methoxy groups -OCH3 is 1. The van der Waals surface area contributed by atoms with Gasteiger partial charge in [-0.2, -0.15) is 0 Å². The molecule has 0 bridgehead atoms. The molecular formula is C16H12O8. The Bertz CT molecular complexity index is 1020. The lowest BCUT2D eigenvalue weighted by molar-refractivity contribution is 0.369. The van der Waals surface area contributed by atoms with Crippen molar-refractivity contribution in [3.8, 4) is 45.8 Å². The van der Waals surface area contributed by atoms with Crippen LogP contribution in [-0.2, 0) is 0 Å². The minimum absolute atomic E-state index is 0.0889. The Balaban J connectivity index is 2.37. The topological polar surface area (TPSA) is 141 Å². The van der Waals surface area contributed by atoms with Gasteiger partial charge in [0.25, 0.3) is 0 Å². The normalized spacial score (nSPS) is 10.9. The fourth-order valence-electron chi connectivity index (χ4n) is 2.32. The Morgan fingerprint density at radius 2 is 1.62 bits per heavy atom. The van der Waals surface area contributed by atoms with Crippen molar-refractivity contribution in [1.82, 2.24) is 0 Å². The third-order valence-corrected chi connectivity index (χ3v) is 3.53. The molecule has 0 unspecified atom stereocenters. The molecule has 0 atom stereocenters. The number of rotatable bonds is 2. The lowest BCUT2D eigenvalue weighted by Crippen LogP contribution is -2.03. The number of ether oxygens (including phenoxy) is 1. The van der Waals surface area contributed by atoms with E-state index in [1.165, 1.54) is 25.3 Å². The summed E-state index contributed by atoms with van der Waals surface area (Å²) in [5.41, 5.74) is -1.02. The summed E-state index contributed by atoms with van der Waals surface area (Å²) in [6.45, 7) is 0. The summed E-state index contributed by atoms with van der Waals surface area (Å²) in [4.78, 5) is 12.3. The van der Waals surface area contributed by atoms with E-state index < -0.39 is 33.8 Å². The van der Waals surface area contributed by atoms with Crippen molar-refractivity contribution in [2.24, 2.45) is 0 Å². The summed E-state index contributed by atoms with van der Waals surface area (Å²) in [6, 6.07) is 4.93. The first-order valence-electron chi connectivity index (χ1n) is 6.66. The maximum atomic E-state index is 12.3. The fourth-order valence-corrected chi connectivity index (χ4v) is 2.32. The number of phenolic OH excluding ortho intramolecular Hbond substituents is 4. The fraction of sp³-hybridized carbons (Fsp3) is 0.0625. The van der Waals surface area contributed by atoms with Crippen LogP contribution in [0.25, 0.3) is 22.3 Å². The molecule has 8 heteroatoms. The predicted octanol–water partition coefficient (Wildman–Crippen LogP) is 2.00. The molecule has 0 aliphatic carbocycles. The van der Waals surface area contributed by atoms with E-state index >= 15 is 0 Å². The van der Waals surface area contributed by atoms with Crippen LogP contribution < -0.4 is 10.2 Å². The molecule has 0 aliphatic heterocycles. The SMILES string of the molecule is COc1cc(-c2oc3cc(O)c(O)c(O)c3c(=O)c2O)ccc1O. The van der Waals surface area contributed by atoms with E-state index in [2.05, 4.69) is 0 Å². The van der Waals surface area contributed by atoms with Crippen LogP contribution in [0.5, 0.6) is 34.5 Å². The third-order valence-electron chi connectivity index (χ3n) is 3.53. The van der Waals surface area contributed by atoms with Gasteiger partial charge in [-0.15, -0.1) is 0 Å². The summed E-state index contributed by atoms with van der Waals surface area (Å²) in [5.74, 6) is -3.61. The zero-order valence-electron chi connectivity index (χ0n) is 12.3. The molecule has 3 rings (SSSR count). The highest BCUT2D eigenvalue weighted by Gasteiger charge is 2.22. The van der Waals surface area contributed by atoms with Crippen molar-refractivity contribution in [2.45, 2.75) is 0 Å². The molecule has 0 radical (unpaired) electrons. The molecule has 24 heavy (non-hydrogen) atoms. The van der Waals surface area contributed by atoms with Crippen molar-refractivity contribution in [3.05, 3.63) is 34.5 Å². The van der Waals surface area contributed by atoms with Gasteiger partial charge in [-0.3, -0.25) is 4.79 Å². The van der Waals surface area contributed by atoms with E-state index in [1.54, 1.807) is 0 Å². The molecule has 0 saturated heterocycles. The lowest BCUT2D eigenvalue weighted by Gasteiger charge is -2.10. The Hall–Kier alpha value is -3.55. The van der Waals surface area contributed by atoms with E-state index in [-0.39, 0.29) is 28.4 Å². The van der Waals surface area contributed by atoms with Crippen molar-refractivity contribution in [1.29, 1.82) is 0 Å². The summed E-state index contributed by atoms with van der Waals surface area (Å²) in [5, 5.41) is 48.1. The van der Waals surface area contributed by atoms with E-state index in [0.29, 0.717) is 0 Å². The Morgan fingerprint density at radius 3 is 2.29 bits per heavy atom. The summed E-state index contributed by atoms with van der Waals surface area (Å²) < 4.78 is 10.4. The van der Waals surface area contributed by atoms with Gasteiger partial charge in [0.15, 0.2) is 28.8 Å². The van der Waals surface area contributed by atoms with Crippen LogP contribution in [0.2, 0.25) is 0 Å². The third kappa shape index (κ3) is 2.12. The maximum absolute atomic E-state index is 12.3. The van der Waals surface area contributed by atoms with Crippen LogP contribution in [0.1, 0.15) is 0 Å². The van der Waals surface area contributed by atoms with Crippen LogP contribution in [-0.4, -0.2) is 32.6 Å². The molecule has 0 amide bonds. The Labute approximate surface area is 134 Å². The predicted molar refractivity (Wildman–Crippen MR) is 82.8 cm³/mol. The summed E-state index contributed by atoms with van der Waals surface area (Å²) in [6.07, 6.45) is 0. The van der Waals surface area contributed by atoms with Gasteiger partial charge in [0, 0.05) is 11.6 Å². The number of phenols is 4. The van der Waals surface area contributed by atoms with Crippen LogP contribution >= 0.6 is 0 Å². The standard InChI is InChI=1S/C16H12O8/c1-23-9-4-6(2-3-7(9)17)16-15(22)14(21)11-10(24-16)5-8(18)12(19)13(11)20/h2-5,17-20,22H,1H3. The zero-order valence-corrected chi connectivity index (χ0v) is 12.3. The quantitative estimate of drug-likeness (QED) is 0.449. The highest BCUT2D eigenvalue weighted by Crippen LogP contribution is 2.43. The maximum Gasteiger partial charge on any atom is 0.238 e. The van der Waals surface area contributed by atoms with Gasteiger partial charge in [0.05, 0.1) is 7.11 Å². The highest BCUT2D eigenvalue weighted by atomic mass is 16.5. The van der Waals surface area contributed by atoms with Gasteiger partial charge >= 0.3 is 0 Å². The van der Waals surface area contributed by atoms with Gasteiger partial charge in [-0.1, -0.05) is 0 Å². The van der Waals surface area contributed by atoms with E-state index in [9.17, 15) is 30.3 Å². The molecule has 1 heterocycles. The molecule has 0 saturated carbocycles. The smallest absolute Gasteiger partial charge is 0.238 e. The number of hydrogen-bond donors (Lipinski definition) is 5. The van der Waals surface area contributed by atoms with Crippen molar-refractivity contribution >= 4 is 11.0 Å². The molecule has 1 aromatic heterocycles. The van der Waals surface area contributed by atoms with E-state index in [4.69, 9.17) is 9.15 Å². The second kappa shape index (κ2) is 5.27. The van der Waals surface area contributed by atoms with E-state index in [1.807, 2.05) is 0 Å². The first-order chi connectivity index (χ1) is 11.3. The van der Waals surface area contributed by atoms with Crippen molar-refractivity contribution in [2.75, 3.05) is 7.11 Å². The first kappa shape index (κ1) is 15.3. The number of hydrogen-bond acceptors (Lipinski definition) is 8. The number of benzene rings is 2. The monoisotopic (exact) mass is 332 g/mol. The van der Waals surface area contributed by atoms with Gasteiger partial charge in [0.1, 0.15) is 11.0 Å². The van der Waals surface area contributed by atoms with Crippen molar-refractivity contribution in [3.63, 3.8) is 0 Å². The van der Waals surface area contributed by atoms with E-state index in [0.717, 1.165) is 6.07 Å². The molecule has 2 aromatic carbocycles. The largest absolute Gasteiger partial charge is 0.504 e. The Kier molecular flexibility index (Phi) is 3.37. The molecule has 124 valence electrons. The minimum atomic E-state index is -0.994. The van der Waals surface area contributed by atoms with Gasteiger partial charge in [0.2, 0.25) is 16.9 Å². The van der Waals surface area contributed by atoms with Gasteiger partial charge < -0.3 is 34.7 Å². The molecule has 0 aliphatic rings. The van der Waals surface area contributed by atoms with Gasteiger partial charge in [-0.05, 0) is 18.2 Å². The van der Waals surface area contributed by atoms with Crippen LogP contribution in [0, 0.1) is 0 Å². The van der Waals surface area contributed by atoms with Crippen LogP contribution in [0.3, 0.4) is 0 Å². The minimum Gasteiger partial charge on any atom is -0.504 e. The second-order valence-electron chi connectivity index (χ2n) is 4.96. The zero-order chi connectivity index (χ0) is 17.6.